The minimum Gasteiger partial charge on any atom is -0.490 e. The highest BCUT2D eigenvalue weighted by atomic mass is 16.5. The van der Waals surface area contributed by atoms with Crippen molar-refractivity contribution in [3.05, 3.63) is 263 Å². The van der Waals surface area contributed by atoms with Gasteiger partial charge in [0, 0.05) is 97.2 Å². The molecule has 1 saturated carbocycles. The first-order chi connectivity index (χ1) is 51.1. The maximum atomic E-state index is 5.64. The SMILES string of the molecule is C=C1CCc2cc(C(C)C)ccc2N1.C=C1COc2cc(C(C)C)ccc2N1.C=C1Cc2cc(C(C)C)ccc2N1.CC(C)c1cc2ccccc2n1C.CC(C)c1ccc2c(c1)OCCN2C.CC(C)c1ccc2c(c1)ncn2C1CC1.CC(C)c1ccc2ccn(C)c2c1.CC(C)c1cnn2c1CCC2. The van der Waals surface area contributed by atoms with Gasteiger partial charge in [-0.25, -0.2) is 4.98 Å². The summed E-state index contributed by atoms with van der Waals surface area (Å²) in [6.07, 6.45) is 14.4. The molecule has 0 atom stereocenters. The number of hydrogen-bond donors (Lipinski definition) is 3. The summed E-state index contributed by atoms with van der Waals surface area (Å²) in [7, 11) is 6.33. The highest BCUT2D eigenvalue weighted by Gasteiger charge is 2.25. The van der Waals surface area contributed by atoms with Gasteiger partial charge >= 0.3 is 0 Å². The Hall–Kier alpha value is -9.68. The van der Waals surface area contributed by atoms with Crippen LogP contribution in [0, 0.1) is 0 Å². The van der Waals surface area contributed by atoms with Crippen LogP contribution in [0.4, 0.5) is 22.7 Å². The van der Waals surface area contributed by atoms with Crippen LogP contribution in [-0.4, -0.2) is 55.3 Å². The van der Waals surface area contributed by atoms with Crippen molar-refractivity contribution in [3.8, 4) is 11.5 Å². The fourth-order valence-corrected chi connectivity index (χ4v) is 14.1. The first kappa shape index (κ1) is 79.9. The zero-order chi connectivity index (χ0) is 76.9. The number of anilines is 4. The van der Waals surface area contributed by atoms with Gasteiger partial charge in [0.15, 0.2) is 0 Å². The number of allylic oxidation sites excluding steroid dienone is 2. The second kappa shape index (κ2) is 36.3. The number of ether oxygens (including phenoxy) is 2. The Morgan fingerprint density at radius 3 is 1.68 bits per heavy atom. The molecule has 3 N–H and O–H groups in total. The zero-order valence-electron chi connectivity index (χ0n) is 68.1. The molecule has 9 heterocycles. The van der Waals surface area contributed by atoms with Crippen LogP contribution in [0.25, 0.3) is 32.8 Å². The van der Waals surface area contributed by atoms with E-state index < -0.39 is 0 Å². The lowest BCUT2D eigenvalue weighted by Crippen LogP contribution is -2.28. The molecule has 0 saturated heterocycles. The van der Waals surface area contributed by atoms with E-state index in [0.29, 0.717) is 54.0 Å². The summed E-state index contributed by atoms with van der Waals surface area (Å²) in [4.78, 5) is 6.72. The lowest BCUT2D eigenvalue weighted by Gasteiger charge is -2.28. The van der Waals surface area contributed by atoms with Crippen LogP contribution >= 0.6 is 0 Å². The van der Waals surface area contributed by atoms with Crippen LogP contribution in [0.15, 0.2) is 201 Å². The third kappa shape index (κ3) is 20.7. The first-order valence-corrected chi connectivity index (χ1v) is 39.6. The van der Waals surface area contributed by atoms with E-state index in [1.165, 1.54) is 132 Å². The third-order valence-electron chi connectivity index (χ3n) is 21.2. The Balaban J connectivity index is 0.000000131. The van der Waals surface area contributed by atoms with Crippen molar-refractivity contribution >= 4 is 55.6 Å². The maximum Gasteiger partial charge on any atom is 0.143 e. The largest absolute Gasteiger partial charge is 0.490 e. The van der Waals surface area contributed by atoms with Crippen molar-refractivity contribution in [1.82, 2.24) is 28.5 Å². The summed E-state index contributed by atoms with van der Waals surface area (Å²) in [5, 5.41) is 16.8. The molecule has 12 heteroatoms. The van der Waals surface area contributed by atoms with Gasteiger partial charge in [0.05, 0.1) is 41.5 Å². The topological polar surface area (TPSA) is 103 Å². The number of likely N-dealkylation sites (N-methyl/N-ethyl adjacent to an activating group) is 1. The number of imidazole rings is 1. The molecule has 0 spiro atoms. The van der Waals surface area contributed by atoms with E-state index in [0.717, 1.165) is 84.8 Å². The van der Waals surface area contributed by atoms with Crippen molar-refractivity contribution in [3.63, 3.8) is 0 Å². The molecule has 17 rings (SSSR count). The van der Waals surface area contributed by atoms with Crippen LogP contribution < -0.4 is 30.3 Å². The fraction of sp³-hybridized carbons (Fsp3) is 0.411. The van der Waals surface area contributed by atoms with Crippen molar-refractivity contribution < 1.29 is 9.47 Å². The lowest BCUT2D eigenvalue weighted by atomic mass is 9.95. The highest BCUT2D eigenvalue weighted by molar-refractivity contribution is 5.82. The summed E-state index contributed by atoms with van der Waals surface area (Å²) in [5.74, 6) is 6.72. The van der Waals surface area contributed by atoms with Crippen molar-refractivity contribution in [2.24, 2.45) is 14.1 Å². The quantitative estimate of drug-likeness (QED) is 0.131. The van der Waals surface area contributed by atoms with Crippen molar-refractivity contribution in [2.75, 3.05) is 47.7 Å². The summed E-state index contributed by atoms with van der Waals surface area (Å²) in [6.45, 7) is 50.7. The first-order valence-electron chi connectivity index (χ1n) is 39.6. The van der Waals surface area contributed by atoms with Gasteiger partial charge in [-0.1, -0.05) is 203 Å². The van der Waals surface area contributed by atoms with Crippen LogP contribution in [0.3, 0.4) is 0 Å². The Morgan fingerprint density at radius 1 is 0.467 bits per heavy atom. The molecule has 12 nitrogen and oxygen atoms in total. The predicted octanol–water partition coefficient (Wildman–Crippen LogP) is 24.8. The second-order valence-corrected chi connectivity index (χ2v) is 32.4. The minimum absolute atomic E-state index is 0.536. The molecule has 566 valence electrons. The van der Waals surface area contributed by atoms with Crippen LogP contribution in [0.5, 0.6) is 11.5 Å². The van der Waals surface area contributed by atoms with Gasteiger partial charge in [0.1, 0.15) is 24.7 Å². The van der Waals surface area contributed by atoms with E-state index in [-0.39, 0.29) is 0 Å². The second-order valence-electron chi connectivity index (χ2n) is 32.4. The van der Waals surface area contributed by atoms with Crippen molar-refractivity contribution in [2.45, 2.75) is 216 Å². The van der Waals surface area contributed by atoms with Crippen LogP contribution in [0.1, 0.15) is 251 Å². The summed E-state index contributed by atoms with van der Waals surface area (Å²) < 4.78 is 20.1. The molecule has 4 aromatic heterocycles. The molecule has 7 aromatic carbocycles. The predicted molar refractivity (Wildman–Crippen MR) is 457 cm³/mol. The Bertz CT molecular complexity index is 4750. The number of aromatic nitrogens is 6. The number of nitrogens with one attached hydrogen (secondary N) is 3. The smallest absolute Gasteiger partial charge is 0.143 e. The van der Waals surface area contributed by atoms with E-state index in [1.54, 1.807) is 0 Å². The number of hydrogen-bond acceptors (Lipinski definition) is 8. The van der Waals surface area contributed by atoms with Gasteiger partial charge in [-0.2, -0.15) is 5.10 Å². The fourth-order valence-electron chi connectivity index (χ4n) is 14.1. The van der Waals surface area contributed by atoms with Gasteiger partial charge in [-0.05, 0) is 220 Å². The molecule has 6 aliphatic rings. The van der Waals surface area contributed by atoms with Gasteiger partial charge in [0.25, 0.3) is 0 Å². The summed E-state index contributed by atoms with van der Waals surface area (Å²) >= 11 is 0. The Kier molecular flexibility index (Phi) is 27.1. The molecule has 0 amide bonds. The molecular formula is C95H124N10O2. The molecule has 11 aromatic rings. The van der Waals surface area contributed by atoms with E-state index >= 15 is 0 Å². The highest BCUT2D eigenvalue weighted by Crippen LogP contribution is 2.39. The molecule has 1 aliphatic carbocycles. The van der Waals surface area contributed by atoms with E-state index in [9.17, 15) is 0 Å². The zero-order valence-corrected chi connectivity index (χ0v) is 68.1. The average molecular weight is 1440 g/mol. The number of aryl methyl sites for hydroxylation is 4. The number of rotatable bonds is 9. The Labute approximate surface area is 641 Å². The molecule has 5 aliphatic heterocycles. The minimum atomic E-state index is 0.536. The average Bonchev–Trinajstić information content (AvgIpc) is 1.70. The van der Waals surface area contributed by atoms with Crippen molar-refractivity contribution in [1.29, 1.82) is 0 Å². The molecule has 1 fully saturated rings. The number of nitrogens with zero attached hydrogens (tertiary/aromatic N) is 7. The molecule has 0 unspecified atom stereocenters. The summed E-state index contributed by atoms with van der Waals surface area (Å²) in [6, 6.07) is 53.1. The molecular weight excluding hydrogens is 1310 g/mol. The molecule has 107 heavy (non-hydrogen) atoms. The molecule has 0 radical (unpaired) electrons. The van der Waals surface area contributed by atoms with Gasteiger partial charge in [-0.3, -0.25) is 4.68 Å². The normalized spacial score (nSPS) is 14.4. The van der Waals surface area contributed by atoms with Gasteiger partial charge in [0.2, 0.25) is 0 Å². The van der Waals surface area contributed by atoms with Crippen LogP contribution in [0.2, 0.25) is 0 Å². The Morgan fingerprint density at radius 2 is 1.04 bits per heavy atom. The van der Waals surface area contributed by atoms with Crippen LogP contribution in [-0.2, 0) is 39.9 Å². The summed E-state index contributed by atoms with van der Waals surface area (Å²) in [5.41, 5.74) is 28.4. The lowest BCUT2D eigenvalue weighted by molar-refractivity contribution is 0.311. The van der Waals surface area contributed by atoms with Gasteiger partial charge < -0.3 is 44.0 Å². The number of fused-ring (bicyclic) bond motifs is 8. The third-order valence-corrected chi connectivity index (χ3v) is 21.2. The van der Waals surface area contributed by atoms with Gasteiger partial charge in [-0.15, -0.1) is 0 Å². The maximum absolute atomic E-state index is 5.64. The standard InChI is InChI=1S/C13H16N2.C13H17N.C12H15NO.C12H17NO.3C12H15N.C9H14N2/c1-9(2)10-3-6-13-12(7-10)14-8-15(13)11-4-5-11;1-9(2)11-6-7-13-12(8-11)5-4-10(3)14-13;1-8(2)10-4-5-11-12(6-10)14-7-9(3)13-11;1-9(2)10-4-5-11-12(8-10)14-7-6-13(11)3;1-8(2)10-4-5-12-11(7-10)6-9(3)13-12;1-9(2)11-5-4-10-6-7-13(3)12(10)8-11;1-9(2)12-8-10-6-4-5-7-11(10)13(12)3;1-7(2)8-6-10-11-5-3-4-9(8)11/h3,6-9,11H,4-5H2,1-2H3;6-9,14H,3-5H2,1-2H3;4-6,8,13H,3,7H2,1-2H3;4-5,8-9H,6-7H2,1-3H3;4-5,7-8,13H,3,6H2,1-2H3;2*4-9H,1-3H3;6-7H,3-5H2,1-2H3. The number of para-hydroxylation sites is 1. The number of benzene rings is 7. The molecule has 0 bridgehead atoms. The monoisotopic (exact) mass is 1440 g/mol. The van der Waals surface area contributed by atoms with E-state index in [2.05, 4.69) is 353 Å². The van der Waals surface area contributed by atoms with E-state index in [1.807, 2.05) is 12.5 Å². The van der Waals surface area contributed by atoms with E-state index in [4.69, 9.17) is 9.47 Å².